The van der Waals surface area contributed by atoms with Crippen molar-refractivity contribution >= 4 is 17.3 Å². The molecule has 0 bridgehead atoms. The van der Waals surface area contributed by atoms with Gasteiger partial charge in [0.2, 0.25) is 0 Å². The minimum absolute atomic E-state index is 0.00104. The van der Waals surface area contributed by atoms with E-state index in [1.807, 2.05) is 6.92 Å². The molecule has 0 fully saturated rings. The zero-order valence-corrected chi connectivity index (χ0v) is 14.2. The van der Waals surface area contributed by atoms with E-state index >= 15 is 0 Å². The highest BCUT2D eigenvalue weighted by Crippen LogP contribution is 2.41. The predicted octanol–water partition coefficient (Wildman–Crippen LogP) is 3.77. The molecule has 0 saturated carbocycles. The number of ether oxygens (including phenoxy) is 1. The lowest BCUT2D eigenvalue weighted by Crippen LogP contribution is -2.22. The standard InChI is InChI=1S/C21H17NO4/c1-3-5-8-12(4-2)26-16-11-15(23)17-18(19(16)22)21(25)14-10-7-6-9-13(14)20(17)24/h3-11,23H,2,22H2,1H3/b5-3-,12-8+. The normalized spacial score (nSPS) is 13.5. The summed E-state index contributed by atoms with van der Waals surface area (Å²) in [6.07, 6.45) is 6.68. The Morgan fingerprint density at radius 2 is 1.77 bits per heavy atom. The largest absolute Gasteiger partial charge is 0.507 e. The average molecular weight is 347 g/mol. The van der Waals surface area contributed by atoms with Crippen LogP contribution in [-0.2, 0) is 0 Å². The van der Waals surface area contributed by atoms with E-state index in [1.54, 1.807) is 42.5 Å². The smallest absolute Gasteiger partial charge is 0.198 e. The van der Waals surface area contributed by atoms with Gasteiger partial charge in [-0.1, -0.05) is 43.0 Å². The summed E-state index contributed by atoms with van der Waals surface area (Å²) in [5, 5.41) is 10.4. The van der Waals surface area contributed by atoms with E-state index in [4.69, 9.17) is 10.5 Å². The van der Waals surface area contributed by atoms with E-state index in [9.17, 15) is 14.7 Å². The Bertz CT molecular complexity index is 999. The first-order valence-corrected chi connectivity index (χ1v) is 7.96. The summed E-state index contributed by atoms with van der Waals surface area (Å²) < 4.78 is 5.66. The second-order valence-corrected chi connectivity index (χ2v) is 5.66. The van der Waals surface area contributed by atoms with E-state index < -0.39 is 11.6 Å². The molecule has 0 unspecified atom stereocenters. The first-order chi connectivity index (χ1) is 12.5. The van der Waals surface area contributed by atoms with E-state index in [2.05, 4.69) is 6.58 Å². The van der Waals surface area contributed by atoms with Crippen molar-refractivity contribution in [3.05, 3.63) is 89.2 Å². The number of carbonyl (C=O) groups is 2. The first-order valence-electron chi connectivity index (χ1n) is 7.96. The number of anilines is 1. The molecule has 2 aromatic carbocycles. The first kappa shape index (κ1) is 17.2. The minimum atomic E-state index is -0.445. The van der Waals surface area contributed by atoms with Crippen molar-refractivity contribution in [2.45, 2.75) is 6.92 Å². The maximum Gasteiger partial charge on any atom is 0.198 e. The van der Waals surface area contributed by atoms with Crippen LogP contribution >= 0.6 is 0 Å². The van der Waals surface area contributed by atoms with Gasteiger partial charge >= 0.3 is 0 Å². The molecule has 26 heavy (non-hydrogen) atoms. The Hall–Kier alpha value is -3.60. The maximum atomic E-state index is 12.9. The molecule has 0 heterocycles. The number of hydrogen-bond acceptors (Lipinski definition) is 5. The summed E-state index contributed by atoms with van der Waals surface area (Å²) in [5.41, 5.74) is 6.48. The fourth-order valence-corrected chi connectivity index (χ4v) is 2.82. The number of fused-ring (bicyclic) bond motifs is 2. The minimum Gasteiger partial charge on any atom is -0.507 e. The van der Waals surface area contributed by atoms with E-state index in [-0.39, 0.29) is 39.4 Å². The number of benzene rings is 2. The summed E-state index contributed by atoms with van der Waals surface area (Å²) in [6.45, 7) is 5.50. The molecule has 0 atom stereocenters. The third-order valence-corrected chi connectivity index (χ3v) is 4.06. The Kier molecular flexibility index (Phi) is 4.45. The molecule has 5 nitrogen and oxygen atoms in total. The van der Waals surface area contributed by atoms with Crippen LogP contribution in [0, 0.1) is 0 Å². The summed E-state index contributed by atoms with van der Waals surface area (Å²) in [5.74, 6) is -0.765. The molecule has 130 valence electrons. The third-order valence-electron chi connectivity index (χ3n) is 4.06. The van der Waals surface area contributed by atoms with Gasteiger partial charge in [0, 0.05) is 17.2 Å². The number of hydrogen-bond donors (Lipinski definition) is 2. The van der Waals surface area contributed by atoms with Gasteiger partial charge in [-0.25, -0.2) is 0 Å². The number of phenols is 1. The Balaban J connectivity index is 2.17. The third kappa shape index (κ3) is 2.69. The van der Waals surface area contributed by atoms with Gasteiger partial charge in [-0.3, -0.25) is 9.59 Å². The fraction of sp³-hybridized carbons (Fsp3) is 0.0476. The topological polar surface area (TPSA) is 89.6 Å². The van der Waals surface area contributed by atoms with Crippen molar-refractivity contribution in [2.75, 3.05) is 5.73 Å². The number of phenolic OH excluding ortho intramolecular Hbond substituents is 1. The number of nitrogen functional groups attached to an aromatic ring is 1. The van der Waals surface area contributed by atoms with Crippen LogP contribution in [0.2, 0.25) is 0 Å². The molecule has 3 rings (SSSR count). The lowest BCUT2D eigenvalue weighted by Gasteiger charge is -2.21. The van der Waals surface area contributed by atoms with Crippen LogP contribution in [0.5, 0.6) is 11.5 Å². The highest BCUT2D eigenvalue weighted by molar-refractivity contribution is 6.31. The van der Waals surface area contributed by atoms with Gasteiger partial charge in [0.05, 0.1) is 16.8 Å². The number of aromatic hydroxyl groups is 1. The molecule has 1 aliphatic rings. The summed E-state index contributed by atoms with van der Waals surface area (Å²) in [4.78, 5) is 25.6. The Labute approximate surface area is 150 Å². The Morgan fingerprint density at radius 1 is 1.15 bits per heavy atom. The summed E-state index contributed by atoms with van der Waals surface area (Å²) >= 11 is 0. The van der Waals surface area contributed by atoms with Crippen molar-refractivity contribution in [3.8, 4) is 11.5 Å². The van der Waals surface area contributed by atoms with Crippen molar-refractivity contribution in [1.29, 1.82) is 0 Å². The second-order valence-electron chi connectivity index (χ2n) is 5.66. The van der Waals surface area contributed by atoms with Gasteiger partial charge in [0.1, 0.15) is 11.5 Å². The van der Waals surface area contributed by atoms with E-state index in [1.165, 1.54) is 12.1 Å². The molecule has 0 radical (unpaired) electrons. The zero-order chi connectivity index (χ0) is 18.8. The van der Waals surface area contributed by atoms with Crippen molar-refractivity contribution < 1.29 is 19.4 Å². The molecule has 0 aromatic heterocycles. The molecule has 5 heteroatoms. The second kappa shape index (κ2) is 6.72. The molecular weight excluding hydrogens is 330 g/mol. The van der Waals surface area contributed by atoms with Gasteiger partial charge < -0.3 is 15.6 Å². The molecule has 1 aliphatic carbocycles. The van der Waals surface area contributed by atoms with Crippen LogP contribution in [0.25, 0.3) is 0 Å². The SMILES string of the molecule is C=C/C(=C\C=C/C)Oc1cc(O)c2c(c1N)C(=O)c1ccccc1C2=O. The van der Waals surface area contributed by atoms with Gasteiger partial charge in [-0.15, -0.1) is 0 Å². The highest BCUT2D eigenvalue weighted by atomic mass is 16.5. The Morgan fingerprint density at radius 3 is 2.35 bits per heavy atom. The van der Waals surface area contributed by atoms with E-state index in [0.29, 0.717) is 5.76 Å². The maximum absolute atomic E-state index is 12.9. The number of nitrogens with two attached hydrogens (primary N) is 1. The number of allylic oxidation sites excluding steroid dienone is 4. The van der Waals surface area contributed by atoms with Crippen molar-refractivity contribution in [1.82, 2.24) is 0 Å². The lowest BCUT2D eigenvalue weighted by atomic mass is 9.82. The zero-order valence-electron chi connectivity index (χ0n) is 14.2. The molecule has 2 aromatic rings. The molecule has 0 spiro atoms. The van der Waals surface area contributed by atoms with Crippen LogP contribution in [0.3, 0.4) is 0 Å². The average Bonchev–Trinajstić information content (AvgIpc) is 2.65. The quantitative estimate of drug-likeness (QED) is 0.324. The monoisotopic (exact) mass is 347 g/mol. The summed E-state index contributed by atoms with van der Waals surface area (Å²) in [6, 6.07) is 7.68. The van der Waals surface area contributed by atoms with Gasteiger partial charge in [-0.2, -0.15) is 0 Å². The van der Waals surface area contributed by atoms with E-state index in [0.717, 1.165) is 0 Å². The lowest BCUT2D eigenvalue weighted by molar-refractivity contribution is 0.0977. The fourth-order valence-electron chi connectivity index (χ4n) is 2.82. The molecule has 0 saturated heterocycles. The molecule has 0 amide bonds. The van der Waals surface area contributed by atoms with Gasteiger partial charge in [0.15, 0.2) is 17.3 Å². The van der Waals surface area contributed by atoms with Crippen molar-refractivity contribution in [3.63, 3.8) is 0 Å². The number of ketones is 2. The highest BCUT2D eigenvalue weighted by Gasteiger charge is 2.35. The molecule has 3 N–H and O–H groups in total. The summed E-state index contributed by atoms with van der Waals surface area (Å²) in [7, 11) is 0. The number of rotatable bonds is 4. The van der Waals surface area contributed by atoms with Crippen LogP contribution in [0.1, 0.15) is 38.8 Å². The number of carbonyl (C=O) groups excluding carboxylic acids is 2. The molecular formula is C21H17NO4. The van der Waals surface area contributed by atoms with Crippen LogP contribution in [-0.4, -0.2) is 16.7 Å². The van der Waals surface area contributed by atoms with Crippen LogP contribution < -0.4 is 10.5 Å². The predicted molar refractivity (Wildman–Crippen MR) is 99.5 cm³/mol. The van der Waals surface area contributed by atoms with Crippen molar-refractivity contribution in [2.24, 2.45) is 0 Å². The van der Waals surface area contributed by atoms with Crippen LogP contribution in [0.15, 0.2) is 67.0 Å². The van der Waals surface area contributed by atoms with Gasteiger partial charge in [0.25, 0.3) is 0 Å². The van der Waals surface area contributed by atoms with Gasteiger partial charge in [-0.05, 0) is 19.1 Å². The van der Waals surface area contributed by atoms with Crippen LogP contribution in [0.4, 0.5) is 5.69 Å². The molecule has 0 aliphatic heterocycles.